The lowest BCUT2D eigenvalue weighted by Crippen LogP contribution is -2.41. The minimum Gasteiger partial charge on any atom is -0.338 e. The summed E-state index contributed by atoms with van der Waals surface area (Å²) in [5.74, 6) is -1.35. The molecule has 0 aliphatic heterocycles. The number of rotatable bonds is 5. The molecule has 0 spiro atoms. The van der Waals surface area contributed by atoms with Gasteiger partial charge in [0, 0.05) is 13.6 Å². The van der Waals surface area contributed by atoms with Gasteiger partial charge in [0.2, 0.25) is 0 Å². The van der Waals surface area contributed by atoms with Gasteiger partial charge >= 0.3 is 11.8 Å². The Balaban J connectivity index is 3.92. The maximum Gasteiger partial charge on any atom is 0.311 e. The average molecular weight is 209 g/mol. The number of allylic oxidation sites excluding steroid dienone is 1. The van der Waals surface area contributed by atoms with E-state index in [1.165, 1.54) is 4.90 Å². The van der Waals surface area contributed by atoms with Crippen LogP contribution in [-0.4, -0.2) is 36.9 Å². The van der Waals surface area contributed by atoms with Crippen molar-refractivity contribution in [3.63, 3.8) is 0 Å². The van der Waals surface area contributed by atoms with Crippen LogP contribution < -0.4 is 5.32 Å². The number of nitrogens with one attached hydrogen (secondary N) is 1. The number of carbonyl (C=O) groups excluding carboxylic acids is 2. The first-order valence-electron chi connectivity index (χ1n) is 4.64. The Morgan fingerprint density at radius 3 is 2.80 bits per heavy atom. The van der Waals surface area contributed by atoms with Gasteiger partial charge in [-0.05, 0) is 12.8 Å². The number of amides is 2. The summed E-state index contributed by atoms with van der Waals surface area (Å²) in [4.78, 5) is 23.8. The monoisotopic (exact) mass is 209 g/mol. The summed E-state index contributed by atoms with van der Waals surface area (Å²) in [6, 6.07) is 1.73. The summed E-state index contributed by atoms with van der Waals surface area (Å²) in [7, 11) is 1.55. The van der Waals surface area contributed by atoms with E-state index in [1.54, 1.807) is 19.2 Å². The molecule has 0 aliphatic rings. The third-order valence-electron chi connectivity index (χ3n) is 1.77. The van der Waals surface area contributed by atoms with E-state index in [0.717, 1.165) is 12.8 Å². The second-order valence-electron chi connectivity index (χ2n) is 3.00. The molecular formula is C10H15N3O2. The zero-order valence-corrected chi connectivity index (χ0v) is 8.82. The van der Waals surface area contributed by atoms with Gasteiger partial charge in [0.15, 0.2) is 0 Å². The number of hydrogen-bond donors (Lipinski definition) is 1. The van der Waals surface area contributed by atoms with Crippen LogP contribution in [0.4, 0.5) is 0 Å². The molecule has 0 radical (unpaired) electrons. The van der Waals surface area contributed by atoms with E-state index in [4.69, 9.17) is 5.26 Å². The lowest BCUT2D eigenvalue weighted by atomic mass is 10.3. The second kappa shape index (κ2) is 7.56. The summed E-state index contributed by atoms with van der Waals surface area (Å²) < 4.78 is 0. The Morgan fingerprint density at radius 1 is 1.60 bits per heavy atom. The van der Waals surface area contributed by atoms with Crippen molar-refractivity contribution in [2.45, 2.75) is 12.8 Å². The molecule has 0 atom stereocenters. The number of hydrogen-bond acceptors (Lipinski definition) is 3. The Kier molecular flexibility index (Phi) is 6.64. The lowest BCUT2D eigenvalue weighted by molar-refractivity contribution is -0.144. The topological polar surface area (TPSA) is 73.2 Å². The highest BCUT2D eigenvalue weighted by atomic mass is 16.2. The predicted molar refractivity (Wildman–Crippen MR) is 55.7 cm³/mol. The molecular weight excluding hydrogens is 194 g/mol. The highest BCUT2D eigenvalue weighted by molar-refractivity contribution is 6.34. The third kappa shape index (κ3) is 5.47. The quantitative estimate of drug-likeness (QED) is 0.301. The van der Waals surface area contributed by atoms with Crippen molar-refractivity contribution < 1.29 is 9.59 Å². The molecule has 1 N–H and O–H groups in total. The van der Waals surface area contributed by atoms with E-state index >= 15 is 0 Å². The van der Waals surface area contributed by atoms with Crippen LogP contribution in [0.5, 0.6) is 0 Å². The molecule has 5 heteroatoms. The number of nitriles is 1. The van der Waals surface area contributed by atoms with E-state index in [0.29, 0.717) is 6.54 Å². The van der Waals surface area contributed by atoms with Crippen molar-refractivity contribution in [1.82, 2.24) is 10.2 Å². The molecule has 0 heterocycles. The Bertz CT molecular complexity index is 281. The first-order chi connectivity index (χ1) is 7.13. The van der Waals surface area contributed by atoms with Gasteiger partial charge in [0.1, 0.15) is 6.54 Å². The molecule has 0 unspecified atom stereocenters. The van der Waals surface area contributed by atoms with Crippen molar-refractivity contribution in [3.05, 3.63) is 12.7 Å². The molecule has 0 aromatic heterocycles. The Hall–Kier alpha value is -1.83. The molecule has 15 heavy (non-hydrogen) atoms. The van der Waals surface area contributed by atoms with Crippen molar-refractivity contribution in [1.29, 1.82) is 5.26 Å². The van der Waals surface area contributed by atoms with Gasteiger partial charge in [-0.1, -0.05) is 6.08 Å². The number of likely N-dealkylation sites (N-methyl/N-ethyl adjacent to an activating group) is 1. The first kappa shape index (κ1) is 13.2. The molecule has 0 fully saturated rings. The van der Waals surface area contributed by atoms with E-state index < -0.39 is 11.8 Å². The van der Waals surface area contributed by atoms with Gasteiger partial charge in [0.25, 0.3) is 0 Å². The van der Waals surface area contributed by atoms with Gasteiger partial charge in [-0.2, -0.15) is 5.26 Å². The lowest BCUT2D eigenvalue weighted by Gasteiger charge is -2.15. The minimum absolute atomic E-state index is 0.148. The molecule has 82 valence electrons. The fraction of sp³-hybridized carbons (Fsp3) is 0.500. The summed E-state index contributed by atoms with van der Waals surface area (Å²) >= 11 is 0. The van der Waals surface area contributed by atoms with E-state index in [1.807, 2.05) is 0 Å². The average Bonchev–Trinajstić information content (AvgIpc) is 2.24. The molecule has 0 bridgehead atoms. The Morgan fingerprint density at radius 2 is 2.27 bits per heavy atom. The predicted octanol–water partition coefficient (Wildman–Crippen LogP) is 0.0508. The smallest absolute Gasteiger partial charge is 0.311 e. The third-order valence-corrected chi connectivity index (χ3v) is 1.77. The molecule has 2 amide bonds. The van der Waals surface area contributed by atoms with Gasteiger partial charge < -0.3 is 10.2 Å². The first-order valence-corrected chi connectivity index (χ1v) is 4.64. The van der Waals surface area contributed by atoms with Crippen LogP contribution in [0.1, 0.15) is 12.8 Å². The second-order valence-corrected chi connectivity index (χ2v) is 3.00. The van der Waals surface area contributed by atoms with Crippen LogP contribution in [0.2, 0.25) is 0 Å². The van der Waals surface area contributed by atoms with Crippen LogP contribution in [0, 0.1) is 11.3 Å². The zero-order chi connectivity index (χ0) is 11.7. The van der Waals surface area contributed by atoms with Gasteiger partial charge in [-0.25, -0.2) is 0 Å². The fourth-order valence-corrected chi connectivity index (χ4v) is 0.943. The van der Waals surface area contributed by atoms with E-state index in [2.05, 4.69) is 11.9 Å². The molecule has 0 aromatic rings. The maximum atomic E-state index is 11.3. The summed E-state index contributed by atoms with van der Waals surface area (Å²) in [5.41, 5.74) is 0. The molecule has 0 saturated heterocycles. The molecule has 5 nitrogen and oxygen atoms in total. The van der Waals surface area contributed by atoms with Crippen LogP contribution in [-0.2, 0) is 9.59 Å². The molecule has 0 aromatic carbocycles. The number of unbranched alkanes of at least 4 members (excludes halogenated alkanes) is 1. The van der Waals surface area contributed by atoms with Crippen molar-refractivity contribution in [2.24, 2.45) is 0 Å². The zero-order valence-electron chi connectivity index (χ0n) is 8.82. The molecule has 0 rings (SSSR count). The highest BCUT2D eigenvalue weighted by Gasteiger charge is 2.16. The van der Waals surface area contributed by atoms with Gasteiger partial charge in [-0.15, -0.1) is 6.58 Å². The summed E-state index contributed by atoms with van der Waals surface area (Å²) in [6.45, 7) is 3.92. The van der Waals surface area contributed by atoms with Crippen LogP contribution in [0.25, 0.3) is 0 Å². The van der Waals surface area contributed by atoms with Gasteiger partial charge in [-0.3, -0.25) is 9.59 Å². The highest BCUT2D eigenvalue weighted by Crippen LogP contribution is 1.94. The summed E-state index contributed by atoms with van der Waals surface area (Å²) in [5, 5.41) is 10.4. The SMILES string of the molecule is C=CCCCN(C)C(=O)C(=O)NCC#N. The molecule has 0 aliphatic carbocycles. The van der Waals surface area contributed by atoms with Crippen LogP contribution >= 0.6 is 0 Å². The Labute approximate surface area is 89.4 Å². The fourth-order valence-electron chi connectivity index (χ4n) is 0.943. The normalized spacial score (nSPS) is 8.80. The van der Waals surface area contributed by atoms with E-state index in [-0.39, 0.29) is 6.54 Å². The van der Waals surface area contributed by atoms with Crippen molar-refractivity contribution >= 4 is 11.8 Å². The van der Waals surface area contributed by atoms with Crippen LogP contribution in [0.3, 0.4) is 0 Å². The standard InChI is InChI=1S/C10H15N3O2/c1-3-4-5-8-13(2)10(15)9(14)12-7-6-11/h3H,1,4-5,7-8H2,2H3,(H,12,14). The van der Waals surface area contributed by atoms with Crippen LogP contribution in [0.15, 0.2) is 12.7 Å². The van der Waals surface area contributed by atoms with Crippen molar-refractivity contribution in [2.75, 3.05) is 20.1 Å². The number of carbonyl (C=O) groups is 2. The van der Waals surface area contributed by atoms with E-state index in [9.17, 15) is 9.59 Å². The van der Waals surface area contributed by atoms with Crippen molar-refractivity contribution in [3.8, 4) is 6.07 Å². The molecule has 0 saturated carbocycles. The largest absolute Gasteiger partial charge is 0.338 e. The maximum absolute atomic E-state index is 11.3. The summed E-state index contributed by atoms with van der Waals surface area (Å²) in [6.07, 6.45) is 3.34. The minimum atomic E-state index is -0.738. The number of nitrogens with zero attached hydrogens (tertiary/aromatic N) is 2. The van der Waals surface area contributed by atoms with Gasteiger partial charge in [0.05, 0.1) is 6.07 Å².